The van der Waals surface area contributed by atoms with Crippen LogP contribution in [0.25, 0.3) is 0 Å². The zero-order chi connectivity index (χ0) is 14.6. The molecule has 0 bridgehead atoms. The lowest BCUT2D eigenvalue weighted by Gasteiger charge is -2.19. The van der Waals surface area contributed by atoms with E-state index in [1.807, 2.05) is 30.5 Å². The van der Waals surface area contributed by atoms with Gasteiger partial charge in [0.25, 0.3) is 0 Å². The van der Waals surface area contributed by atoms with Crippen molar-refractivity contribution in [2.75, 3.05) is 0 Å². The van der Waals surface area contributed by atoms with Gasteiger partial charge in [-0.05, 0) is 61.0 Å². The van der Waals surface area contributed by atoms with Crippen molar-refractivity contribution in [1.82, 2.24) is 10.3 Å². The van der Waals surface area contributed by atoms with E-state index in [2.05, 4.69) is 47.0 Å². The van der Waals surface area contributed by atoms with E-state index in [1.165, 1.54) is 0 Å². The number of halogens is 1. The molecule has 0 atom stereocenters. The fraction of sp³-hybridized carbons (Fsp3) is 0.400. The van der Waals surface area contributed by atoms with Crippen LogP contribution >= 0.6 is 27.7 Å². The zero-order valence-electron chi connectivity index (χ0n) is 11.9. The van der Waals surface area contributed by atoms with Crippen molar-refractivity contribution in [2.45, 2.75) is 43.6 Å². The molecule has 1 N–H and O–H groups in total. The molecule has 2 heterocycles. The molecular weight excluding hydrogens is 336 g/mol. The number of nitrogens with one attached hydrogen (secondary N) is 1. The Balaban J connectivity index is 1.85. The third-order valence-electron chi connectivity index (χ3n) is 2.57. The first-order chi connectivity index (χ1) is 9.42. The van der Waals surface area contributed by atoms with E-state index in [0.29, 0.717) is 0 Å². The summed E-state index contributed by atoms with van der Waals surface area (Å²) in [6.45, 7) is 7.19. The maximum absolute atomic E-state index is 5.80. The summed E-state index contributed by atoms with van der Waals surface area (Å²) in [5, 5.41) is 4.41. The predicted molar refractivity (Wildman–Crippen MR) is 86.8 cm³/mol. The monoisotopic (exact) mass is 354 g/mol. The number of hydrogen-bond donors (Lipinski definition) is 1. The lowest BCUT2D eigenvalue weighted by atomic mass is 10.1. The summed E-state index contributed by atoms with van der Waals surface area (Å²) in [7, 11) is 0. The second kappa shape index (κ2) is 6.78. The number of nitrogens with zero attached hydrogens (tertiary/aromatic N) is 1. The molecule has 2 aromatic rings. The summed E-state index contributed by atoms with van der Waals surface area (Å²) in [5.74, 6) is 2.74. The molecule has 0 radical (unpaired) electrons. The van der Waals surface area contributed by atoms with Crippen molar-refractivity contribution in [1.29, 1.82) is 0 Å². The van der Waals surface area contributed by atoms with Crippen LogP contribution in [0.4, 0.5) is 0 Å². The fourth-order valence-corrected chi connectivity index (χ4v) is 2.51. The van der Waals surface area contributed by atoms with Gasteiger partial charge in [0.2, 0.25) is 0 Å². The summed E-state index contributed by atoms with van der Waals surface area (Å²) in [6, 6.07) is 8.06. The number of furan rings is 1. The van der Waals surface area contributed by atoms with Gasteiger partial charge in [-0.25, -0.2) is 4.98 Å². The van der Waals surface area contributed by atoms with Gasteiger partial charge in [-0.2, -0.15) is 0 Å². The molecule has 0 amide bonds. The van der Waals surface area contributed by atoms with Crippen LogP contribution in [0.5, 0.6) is 0 Å². The molecular formula is C15H19BrN2OS. The van der Waals surface area contributed by atoms with E-state index in [1.54, 1.807) is 11.8 Å². The second-order valence-corrected chi connectivity index (χ2v) is 7.49. The Bertz CT molecular complexity index is 546. The predicted octanol–water partition coefficient (Wildman–Crippen LogP) is 4.62. The minimum atomic E-state index is 0.100. The van der Waals surface area contributed by atoms with Crippen molar-refractivity contribution in [3.8, 4) is 0 Å². The van der Waals surface area contributed by atoms with Gasteiger partial charge in [-0.15, -0.1) is 0 Å². The molecule has 0 aromatic carbocycles. The highest BCUT2D eigenvalue weighted by molar-refractivity contribution is 9.10. The number of pyridine rings is 1. The van der Waals surface area contributed by atoms with E-state index in [0.717, 1.165) is 33.3 Å². The minimum absolute atomic E-state index is 0.100. The summed E-state index contributed by atoms with van der Waals surface area (Å²) < 4.78 is 6.80. The largest absolute Gasteiger partial charge is 0.464 e. The van der Waals surface area contributed by atoms with Crippen molar-refractivity contribution in [3.05, 3.63) is 46.5 Å². The third-order valence-corrected chi connectivity index (χ3v) is 4.01. The highest BCUT2D eigenvalue weighted by Crippen LogP contribution is 2.23. The SMILES string of the molecule is CC(C)(C)NCc1ccc(CSc2ccc(Br)cn2)o1. The van der Waals surface area contributed by atoms with Crippen LogP contribution in [-0.2, 0) is 12.3 Å². The molecule has 0 spiro atoms. The van der Waals surface area contributed by atoms with Gasteiger partial charge in [0.1, 0.15) is 11.5 Å². The Morgan fingerprint density at radius 2 is 1.95 bits per heavy atom. The number of hydrogen-bond acceptors (Lipinski definition) is 4. The molecule has 2 aromatic heterocycles. The molecule has 0 unspecified atom stereocenters. The molecule has 0 fully saturated rings. The van der Waals surface area contributed by atoms with Crippen molar-refractivity contribution >= 4 is 27.7 Å². The molecule has 0 saturated heterocycles. The summed E-state index contributed by atoms with van der Waals surface area (Å²) >= 11 is 5.05. The van der Waals surface area contributed by atoms with Crippen LogP contribution in [0, 0.1) is 0 Å². The van der Waals surface area contributed by atoms with Gasteiger partial charge < -0.3 is 9.73 Å². The molecule has 0 aliphatic carbocycles. The van der Waals surface area contributed by atoms with Crippen LogP contribution < -0.4 is 5.32 Å². The van der Waals surface area contributed by atoms with E-state index in [9.17, 15) is 0 Å². The number of thioether (sulfide) groups is 1. The molecule has 0 saturated carbocycles. The minimum Gasteiger partial charge on any atom is -0.464 e. The molecule has 20 heavy (non-hydrogen) atoms. The molecule has 0 aliphatic rings. The van der Waals surface area contributed by atoms with Gasteiger partial charge in [-0.1, -0.05) is 11.8 Å². The van der Waals surface area contributed by atoms with E-state index < -0.39 is 0 Å². The zero-order valence-corrected chi connectivity index (χ0v) is 14.3. The lowest BCUT2D eigenvalue weighted by molar-refractivity contribution is 0.382. The first-order valence-corrected chi connectivity index (χ1v) is 8.27. The van der Waals surface area contributed by atoms with E-state index in [4.69, 9.17) is 4.42 Å². The van der Waals surface area contributed by atoms with Crippen molar-refractivity contribution in [2.24, 2.45) is 0 Å². The lowest BCUT2D eigenvalue weighted by Crippen LogP contribution is -2.34. The van der Waals surface area contributed by atoms with Crippen molar-refractivity contribution in [3.63, 3.8) is 0 Å². The topological polar surface area (TPSA) is 38.1 Å². The first kappa shape index (κ1) is 15.6. The summed E-state index contributed by atoms with van der Waals surface area (Å²) in [5.41, 5.74) is 0.100. The Morgan fingerprint density at radius 3 is 2.60 bits per heavy atom. The molecule has 2 rings (SSSR count). The average molecular weight is 355 g/mol. The maximum Gasteiger partial charge on any atom is 0.118 e. The number of rotatable bonds is 5. The van der Waals surface area contributed by atoms with Crippen LogP contribution in [0.3, 0.4) is 0 Å². The quantitative estimate of drug-likeness (QED) is 0.795. The Hall–Kier alpha value is -0.780. The highest BCUT2D eigenvalue weighted by atomic mass is 79.9. The Kier molecular flexibility index (Phi) is 5.29. The Morgan fingerprint density at radius 1 is 1.20 bits per heavy atom. The summed E-state index contributed by atoms with van der Waals surface area (Å²) in [6.07, 6.45) is 1.81. The first-order valence-electron chi connectivity index (χ1n) is 6.49. The van der Waals surface area contributed by atoms with Gasteiger partial charge >= 0.3 is 0 Å². The van der Waals surface area contributed by atoms with E-state index >= 15 is 0 Å². The van der Waals surface area contributed by atoms with Crippen LogP contribution in [-0.4, -0.2) is 10.5 Å². The van der Waals surface area contributed by atoms with E-state index in [-0.39, 0.29) is 5.54 Å². The Labute approximate surface area is 132 Å². The smallest absolute Gasteiger partial charge is 0.118 e. The second-order valence-electron chi connectivity index (χ2n) is 5.57. The average Bonchev–Trinajstić information content (AvgIpc) is 2.83. The fourth-order valence-electron chi connectivity index (χ4n) is 1.54. The van der Waals surface area contributed by atoms with Gasteiger partial charge in [0.05, 0.1) is 17.3 Å². The third kappa shape index (κ3) is 5.31. The number of aromatic nitrogens is 1. The molecule has 5 heteroatoms. The maximum atomic E-state index is 5.80. The van der Waals surface area contributed by atoms with Crippen LogP contribution in [0.15, 0.2) is 44.4 Å². The molecule has 3 nitrogen and oxygen atoms in total. The summed E-state index contributed by atoms with van der Waals surface area (Å²) in [4.78, 5) is 4.33. The van der Waals surface area contributed by atoms with Gasteiger partial charge in [0, 0.05) is 16.2 Å². The van der Waals surface area contributed by atoms with Crippen LogP contribution in [0.1, 0.15) is 32.3 Å². The standard InChI is InChI=1S/C15H19BrN2OS/c1-15(2,3)18-9-12-5-6-13(19-12)10-20-14-7-4-11(16)8-17-14/h4-8,18H,9-10H2,1-3H3. The van der Waals surface area contributed by atoms with Crippen LogP contribution in [0.2, 0.25) is 0 Å². The van der Waals surface area contributed by atoms with Crippen molar-refractivity contribution < 1.29 is 4.42 Å². The molecule has 0 aliphatic heterocycles. The van der Waals surface area contributed by atoms with Gasteiger partial charge in [-0.3, -0.25) is 0 Å². The molecule has 108 valence electrons. The van der Waals surface area contributed by atoms with Gasteiger partial charge in [0.15, 0.2) is 0 Å². The highest BCUT2D eigenvalue weighted by Gasteiger charge is 2.10. The normalized spacial score (nSPS) is 11.8.